The molecule has 0 aliphatic rings. The summed E-state index contributed by atoms with van der Waals surface area (Å²) in [6, 6.07) is 15.4. The number of pyridine rings is 1. The lowest BCUT2D eigenvalue weighted by Crippen LogP contribution is -2.32. The second-order valence-electron chi connectivity index (χ2n) is 5.16. The van der Waals surface area contributed by atoms with Crippen molar-refractivity contribution < 1.29 is 13.2 Å². The topological polar surface area (TPSA) is 76.1 Å². The minimum atomic E-state index is -3.99. The third-order valence-corrected chi connectivity index (χ3v) is 5.34. The fourth-order valence-corrected chi connectivity index (χ4v) is 3.75. The molecule has 3 rings (SSSR count). The predicted octanol–water partition coefficient (Wildman–Crippen LogP) is 3.04. The van der Waals surface area contributed by atoms with Crippen molar-refractivity contribution >= 4 is 42.8 Å². The molecule has 1 amide bonds. The van der Waals surface area contributed by atoms with Gasteiger partial charge in [-0.15, -0.1) is 0 Å². The van der Waals surface area contributed by atoms with E-state index in [1.165, 1.54) is 12.3 Å². The Bertz CT molecular complexity index is 997. The zero-order valence-electron chi connectivity index (χ0n) is 12.4. The quantitative estimate of drug-likeness (QED) is 0.724. The molecule has 1 aromatic heterocycles. The number of amides is 1. The van der Waals surface area contributed by atoms with Gasteiger partial charge in [0.05, 0.1) is 11.9 Å². The lowest BCUT2D eigenvalue weighted by atomic mass is 10.1. The standard InChI is InChI=1S/C17H13BrN2O3S/c18-14-8-6-12(7-9-14)11-16(21)20-24(22,23)15-5-1-3-13-4-2-10-19-17(13)15/h1-10H,11H2,(H,20,21). The molecule has 7 heteroatoms. The summed E-state index contributed by atoms with van der Waals surface area (Å²) < 4.78 is 28.0. The Balaban J connectivity index is 1.85. The predicted molar refractivity (Wildman–Crippen MR) is 94.9 cm³/mol. The highest BCUT2D eigenvalue weighted by molar-refractivity contribution is 9.10. The summed E-state index contributed by atoms with van der Waals surface area (Å²) in [4.78, 5) is 16.2. The largest absolute Gasteiger partial charge is 0.274 e. The number of rotatable bonds is 4. The highest BCUT2D eigenvalue weighted by Crippen LogP contribution is 2.20. The molecule has 1 N–H and O–H groups in total. The number of benzene rings is 2. The van der Waals surface area contributed by atoms with Gasteiger partial charge in [0, 0.05) is 16.1 Å². The van der Waals surface area contributed by atoms with Gasteiger partial charge in [-0.05, 0) is 29.8 Å². The maximum atomic E-state index is 12.5. The highest BCUT2D eigenvalue weighted by atomic mass is 79.9. The molecule has 0 aliphatic heterocycles. The van der Waals surface area contributed by atoms with E-state index in [1.54, 1.807) is 48.5 Å². The lowest BCUT2D eigenvalue weighted by Gasteiger charge is -2.09. The second-order valence-corrected chi connectivity index (χ2v) is 7.73. The number of carbonyl (C=O) groups is 1. The van der Waals surface area contributed by atoms with Crippen LogP contribution in [0, 0.1) is 0 Å². The Morgan fingerprint density at radius 1 is 1.04 bits per heavy atom. The Morgan fingerprint density at radius 2 is 1.75 bits per heavy atom. The van der Waals surface area contributed by atoms with Gasteiger partial charge in [-0.25, -0.2) is 13.1 Å². The van der Waals surface area contributed by atoms with Crippen LogP contribution in [0.15, 0.2) is 70.2 Å². The Morgan fingerprint density at radius 3 is 2.50 bits per heavy atom. The van der Waals surface area contributed by atoms with Crippen molar-refractivity contribution in [2.45, 2.75) is 11.3 Å². The number of hydrogen-bond acceptors (Lipinski definition) is 4. The van der Waals surface area contributed by atoms with Gasteiger partial charge >= 0.3 is 0 Å². The van der Waals surface area contributed by atoms with Crippen LogP contribution < -0.4 is 4.72 Å². The Labute approximate surface area is 147 Å². The van der Waals surface area contributed by atoms with Crippen molar-refractivity contribution in [3.8, 4) is 0 Å². The smallest absolute Gasteiger partial charge is 0.266 e. The molecule has 0 fully saturated rings. The number of aromatic nitrogens is 1. The molecule has 0 spiro atoms. The van der Waals surface area contributed by atoms with Crippen LogP contribution in [-0.2, 0) is 21.2 Å². The van der Waals surface area contributed by atoms with Gasteiger partial charge in [0.2, 0.25) is 5.91 Å². The van der Waals surface area contributed by atoms with E-state index in [4.69, 9.17) is 0 Å². The van der Waals surface area contributed by atoms with Crippen molar-refractivity contribution in [3.05, 3.63) is 70.8 Å². The maximum Gasteiger partial charge on any atom is 0.266 e. The number of sulfonamides is 1. The van der Waals surface area contributed by atoms with Gasteiger partial charge in [0.1, 0.15) is 4.90 Å². The van der Waals surface area contributed by atoms with Crippen LogP contribution in [0.1, 0.15) is 5.56 Å². The fourth-order valence-electron chi connectivity index (χ4n) is 2.32. The summed E-state index contributed by atoms with van der Waals surface area (Å²) in [5.41, 5.74) is 1.06. The summed E-state index contributed by atoms with van der Waals surface area (Å²) in [5.74, 6) is -0.592. The van der Waals surface area contributed by atoms with E-state index in [0.717, 1.165) is 10.0 Å². The van der Waals surface area contributed by atoms with Crippen molar-refractivity contribution in [3.63, 3.8) is 0 Å². The summed E-state index contributed by atoms with van der Waals surface area (Å²) in [6.07, 6.45) is 1.50. The maximum absolute atomic E-state index is 12.5. The van der Waals surface area contributed by atoms with Gasteiger partial charge in [0.15, 0.2) is 0 Å². The van der Waals surface area contributed by atoms with Crippen LogP contribution in [0.25, 0.3) is 10.9 Å². The monoisotopic (exact) mass is 404 g/mol. The molecule has 3 aromatic rings. The van der Waals surface area contributed by atoms with Gasteiger partial charge in [0.25, 0.3) is 10.0 Å². The first-order valence-corrected chi connectivity index (χ1v) is 9.37. The van der Waals surface area contributed by atoms with Gasteiger partial charge < -0.3 is 0 Å². The van der Waals surface area contributed by atoms with Crippen molar-refractivity contribution in [1.29, 1.82) is 0 Å². The molecule has 0 bridgehead atoms. The highest BCUT2D eigenvalue weighted by Gasteiger charge is 2.20. The Kier molecular flexibility index (Phi) is 4.64. The molecule has 2 aromatic carbocycles. The number of fused-ring (bicyclic) bond motifs is 1. The summed E-state index contributed by atoms with van der Waals surface area (Å²) in [6.45, 7) is 0. The Hall–Kier alpha value is -2.25. The molecule has 5 nitrogen and oxygen atoms in total. The number of nitrogens with one attached hydrogen (secondary N) is 1. The van der Waals surface area contributed by atoms with E-state index in [9.17, 15) is 13.2 Å². The van der Waals surface area contributed by atoms with Crippen LogP contribution >= 0.6 is 15.9 Å². The number of hydrogen-bond donors (Lipinski definition) is 1. The first kappa shape index (κ1) is 16.6. The molecule has 122 valence electrons. The average Bonchev–Trinajstić information content (AvgIpc) is 2.56. The second kappa shape index (κ2) is 6.70. The molecular weight excluding hydrogens is 392 g/mol. The van der Waals surface area contributed by atoms with Crippen LogP contribution in [0.2, 0.25) is 0 Å². The van der Waals surface area contributed by atoms with Gasteiger partial charge in [-0.3, -0.25) is 9.78 Å². The van der Waals surface area contributed by atoms with Gasteiger partial charge in [-0.1, -0.05) is 46.3 Å². The first-order chi connectivity index (χ1) is 11.5. The molecule has 1 heterocycles. The molecule has 0 atom stereocenters. The van der Waals surface area contributed by atoms with Crippen LogP contribution in [0.4, 0.5) is 0 Å². The molecule has 0 unspecified atom stereocenters. The zero-order chi connectivity index (χ0) is 17.2. The third-order valence-electron chi connectivity index (χ3n) is 3.41. The lowest BCUT2D eigenvalue weighted by molar-refractivity contribution is -0.118. The number of nitrogens with zero attached hydrogens (tertiary/aromatic N) is 1. The van der Waals surface area contributed by atoms with Crippen molar-refractivity contribution in [2.75, 3.05) is 0 Å². The minimum Gasteiger partial charge on any atom is -0.274 e. The summed E-state index contributed by atoms with van der Waals surface area (Å²) >= 11 is 3.31. The van der Waals surface area contributed by atoms with E-state index in [1.807, 2.05) is 0 Å². The molecule has 0 saturated carbocycles. The fraction of sp³-hybridized carbons (Fsp3) is 0.0588. The van der Waals surface area contributed by atoms with E-state index < -0.39 is 15.9 Å². The average molecular weight is 405 g/mol. The first-order valence-electron chi connectivity index (χ1n) is 7.09. The molecule has 0 radical (unpaired) electrons. The number of para-hydroxylation sites is 1. The SMILES string of the molecule is O=C(Cc1ccc(Br)cc1)NS(=O)(=O)c1cccc2cccnc12. The summed E-state index contributed by atoms with van der Waals surface area (Å²) in [7, 11) is -3.99. The van der Waals surface area contributed by atoms with E-state index in [-0.39, 0.29) is 11.3 Å². The van der Waals surface area contributed by atoms with E-state index >= 15 is 0 Å². The van der Waals surface area contributed by atoms with Crippen LogP contribution in [0.3, 0.4) is 0 Å². The van der Waals surface area contributed by atoms with Crippen LogP contribution in [0.5, 0.6) is 0 Å². The minimum absolute atomic E-state index is 0.00949. The van der Waals surface area contributed by atoms with E-state index in [2.05, 4.69) is 25.6 Å². The van der Waals surface area contributed by atoms with Crippen molar-refractivity contribution in [2.24, 2.45) is 0 Å². The normalized spacial score (nSPS) is 11.4. The molecule has 0 aliphatic carbocycles. The third kappa shape index (κ3) is 3.63. The van der Waals surface area contributed by atoms with Crippen LogP contribution in [-0.4, -0.2) is 19.3 Å². The van der Waals surface area contributed by atoms with E-state index in [0.29, 0.717) is 10.9 Å². The summed E-state index contributed by atoms with van der Waals surface area (Å²) in [5, 5.41) is 0.695. The zero-order valence-corrected chi connectivity index (χ0v) is 14.8. The van der Waals surface area contributed by atoms with Crippen molar-refractivity contribution in [1.82, 2.24) is 9.71 Å². The molecule has 0 saturated heterocycles. The van der Waals surface area contributed by atoms with Gasteiger partial charge in [-0.2, -0.15) is 0 Å². The number of halogens is 1. The molecule has 24 heavy (non-hydrogen) atoms. The molecular formula is C17H13BrN2O3S. The number of carbonyl (C=O) groups excluding carboxylic acids is 1.